The summed E-state index contributed by atoms with van der Waals surface area (Å²) in [5.41, 5.74) is 0.684. The Morgan fingerprint density at radius 3 is 2.40 bits per heavy atom. The van der Waals surface area contributed by atoms with Gasteiger partial charge in [0.15, 0.2) is 0 Å². The summed E-state index contributed by atoms with van der Waals surface area (Å²) in [6, 6.07) is 5.46. The van der Waals surface area contributed by atoms with E-state index in [4.69, 9.17) is 9.47 Å². The summed E-state index contributed by atoms with van der Waals surface area (Å²) < 4.78 is 10.4. The van der Waals surface area contributed by atoms with E-state index in [1.165, 1.54) is 0 Å². The molecular weight excluding hydrogens is 258 g/mol. The fourth-order valence-corrected chi connectivity index (χ4v) is 2.12. The number of hydrogen-bond donors (Lipinski definition) is 3. The topological polar surface area (TPSA) is 71.0 Å². The van der Waals surface area contributed by atoms with Crippen LogP contribution in [0.3, 0.4) is 0 Å². The molecule has 1 aromatic rings. The van der Waals surface area contributed by atoms with Gasteiger partial charge in [0.05, 0.1) is 26.4 Å². The molecule has 0 aliphatic carbocycles. The van der Waals surface area contributed by atoms with Crippen LogP contribution in [0.2, 0.25) is 0 Å². The van der Waals surface area contributed by atoms with Gasteiger partial charge in [0.25, 0.3) is 0 Å². The molecule has 1 rings (SSSR count). The maximum Gasteiger partial charge on any atom is 0.124 e. The van der Waals surface area contributed by atoms with Gasteiger partial charge in [-0.3, -0.25) is 0 Å². The number of methoxy groups -OCH3 is 2. The van der Waals surface area contributed by atoms with Gasteiger partial charge in [-0.15, -0.1) is 0 Å². The molecule has 0 spiro atoms. The van der Waals surface area contributed by atoms with E-state index < -0.39 is 6.10 Å². The van der Waals surface area contributed by atoms with Crippen LogP contribution in [0.25, 0.3) is 0 Å². The Kier molecular flexibility index (Phi) is 6.78. The highest BCUT2D eigenvalue weighted by molar-refractivity contribution is 5.41. The summed E-state index contributed by atoms with van der Waals surface area (Å²) in [7, 11) is 3.16. The third kappa shape index (κ3) is 5.00. The van der Waals surface area contributed by atoms with E-state index >= 15 is 0 Å². The second-order valence-corrected chi connectivity index (χ2v) is 5.02. The molecule has 0 heterocycles. The number of hydrogen-bond acceptors (Lipinski definition) is 5. The molecule has 0 amide bonds. The van der Waals surface area contributed by atoms with Crippen molar-refractivity contribution in [1.29, 1.82) is 0 Å². The van der Waals surface area contributed by atoms with Gasteiger partial charge >= 0.3 is 0 Å². The highest BCUT2D eigenvalue weighted by atomic mass is 16.5. The molecule has 0 saturated carbocycles. The van der Waals surface area contributed by atoms with Gasteiger partial charge in [-0.2, -0.15) is 0 Å². The van der Waals surface area contributed by atoms with Crippen LogP contribution in [-0.2, 0) is 0 Å². The number of benzene rings is 1. The van der Waals surface area contributed by atoms with Crippen LogP contribution >= 0.6 is 0 Å². The van der Waals surface area contributed by atoms with Gasteiger partial charge in [0.2, 0.25) is 0 Å². The Labute approximate surface area is 120 Å². The molecule has 5 nitrogen and oxygen atoms in total. The normalized spacial score (nSPS) is 15.5. The van der Waals surface area contributed by atoms with Crippen molar-refractivity contribution in [2.75, 3.05) is 20.8 Å². The van der Waals surface area contributed by atoms with E-state index in [1.54, 1.807) is 39.3 Å². The molecule has 3 unspecified atom stereocenters. The quantitative estimate of drug-likeness (QED) is 0.674. The van der Waals surface area contributed by atoms with Crippen molar-refractivity contribution in [3.63, 3.8) is 0 Å². The molecule has 3 N–H and O–H groups in total. The molecule has 3 atom stereocenters. The van der Waals surface area contributed by atoms with Crippen LogP contribution in [0, 0.1) is 0 Å². The van der Waals surface area contributed by atoms with Crippen LogP contribution in [-0.4, -0.2) is 43.1 Å². The van der Waals surface area contributed by atoms with Gasteiger partial charge in [-0.1, -0.05) is 0 Å². The fourth-order valence-electron chi connectivity index (χ4n) is 2.12. The molecule has 0 fully saturated rings. The van der Waals surface area contributed by atoms with Crippen LogP contribution in [0.1, 0.15) is 31.9 Å². The zero-order valence-corrected chi connectivity index (χ0v) is 12.6. The molecule has 0 bridgehead atoms. The number of rotatable bonds is 8. The minimum absolute atomic E-state index is 0.126. The molecule has 0 saturated heterocycles. The fraction of sp³-hybridized carbons (Fsp3) is 0.600. The van der Waals surface area contributed by atoms with E-state index in [2.05, 4.69) is 5.32 Å². The Balaban J connectivity index is 2.68. The van der Waals surface area contributed by atoms with Gasteiger partial charge in [-0.05, 0) is 38.5 Å². The van der Waals surface area contributed by atoms with Gasteiger partial charge in [-0.25, -0.2) is 0 Å². The second kappa shape index (κ2) is 8.09. The van der Waals surface area contributed by atoms with Crippen molar-refractivity contribution in [1.82, 2.24) is 5.32 Å². The van der Waals surface area contributed by atoms with Crippen LogP contribution in [0.5, 0.6) is 11.5 Å². The Bertz CT molecular complexity index is 409. The highest BCUT2D eigenvalue weighted by Crippen LogP contribution is 2.29. The van der Waals surface area contributed by atoms with Crippen LogP contribution < -0.4 is 14.8 Å². The van der Waals surface area contributed by atoms with Crippen molar-refractivity contribution in [2.45, 2.75) is 38.5 Å². The van der Waals surface area contributed by atoms with Crippen molar-refractivity contribution in [3.8, 4) is 11.5 Å². The summed E-state index contributed by atoms with van der Waals surface area (Å²) >= 11 is 0. The van der Waals surface area contributed by atoms with E-state index in [-0.39, 0.29) is 12.1 Å². The molecule has 1 aromatic carbocycles. The lowest BCUT2D eigenvalue weighted by Crippen LogP contribution is -2.32. The Morgan fingerprint density at radius 1 is 1.15 bits per heavy atom. The third-order valence-electron chi connectivity index (χ3n) is 3.15. The predicted molar refractivity (Wildman–Crippen MR) is 78.3 cm³/mol. The lowest BCUT2D eigenvalue weighted by molar-refractivity contribution is 0.147. The second-order valence-electron chi connectivity index (χ2n) is 5.02. The average molecular weight is 283 g/mol. The minimum Gasteiger partial charge on any atom is -0.497 e. The first-order valence-corrected chi connectivity index (χ1v) is 6.79. The summed E-state index contributed by atoms with van der Waals surface area (Å²) in [5, 5.41) is 22.8. The molecule has 0 radical (unpaired) electrons. The maximum absolute atomic E-state index is 10.3. The minimum atomic E-state index is -0.698. The highest BCUT2D eigenvalue weighted by Gasteiger charge is 2.16. The lowest BCUT2D eigenvalue weighted by atomic mass is 10.1. The number of aliphatic hydroxyl groups is 2. The van der Waals surface area contributed by atoms with Crippen molar-refractivity contribution in [3.05, 3.63) is 23.8 Å². The predicted octanol–water partition coefficient (Wildman–Crippen LogP) is 1.49. The first-order chi connectivity index (χ1) is 9.47. The van der Waals surface area contributed by atoms with Gasteiger partial charge in [0.1, 0.15) is 11.5 Å². The monoisotopic (exact) mass is 283 g/mol. The molecular formula is C15H25NO4. The van der Waals surface area contributed by atoms with Crippen LogP contribution in [0.15, 0.2) is 18.2 Å². The lowest BCUT2D eigenvalue weighted by Gasteiger charge is -2.20. The van der Waals surface area contributed by atoms with Gasteiger partial charge < -0.3 is 25.0 Å². The first-order valence-electron chi connectivity index (χ1n) is 6.79. The SMILES string of the molecule is COc1ccc(OC)c(C(O)CNC(C)CC(C)O)c1. The number of ether oxygens (including phenoxy) is 2. The smallest absolute Gasteiger partial charge is 0.124 e. The maximum atomic E-state index is 10.3. The first kappa shape index (κ1) is 16.8. The van der Waals surface area contributed by atoms with E-state index in [0.717, 1.165) is 0 Å². The average Bonchev–Trinajstić information content (AvgIpc) is 2.43. The van der Waals surface area contributed by atoms with E-state index in [0.29, 0.717) is 30.0 Å². The van der Waals surface area contributed by atoms with Crippen molar-refractivity contribution >= 4 is 0 Å². The van der Waals surface area contributed by atoms with E-state index in [1.807, 2.05) is 6.92 Å². The molecule has 20 heavy (non-hydrogen) atoms. The van der Waals surface area contributed by atoms with Gasteiger partial charge in [0, 0.05) is 18.2 Å². The Hall–Kier alpha value is -1.30. The molecule has 0 aromatic heterocycles. The number of aliphatic hydroxyl groups excluding tert-OH is 2. The molecule has 114 valence electrons. The van der Waals surface area contributed by atoms with E-state index in [9.17, 15) is 10.2 Å². The summed E-state index contributed by atoms with van der Waals surface area (Å²) in [5.74, 6) is 1.31. The molecule has 0 aliphatic rings. The zero-order chi connectivity index (χ0) is 15.1. The molecule has 0 aliphatic heterocycles. The molecule has 5 heteroatoms. The summed E-state index contributed by atoms with van der Waals surface area (Å²) in [4.78, 5) is 0. The zero-order valence-electron chi connectivity index (χ0n) is 12.6. The summed E-state index contributed by atoms with van der Waals surface area (Å²) in [6.45, 7) is 4.11. The Morgan fingerprint density at radius 2 is 1.85 bits per heavy atom. The standard InChI is InChI=1S/C15H25NO4/c1-10(7-11(2)17)16-9-14(18)13-8-12(19-3)5-6-15(13)20-4/h5-6,8,10-11,14,16-18H,7,9H2,1-4H3. The van der Waals surface area contributed by atoms with Crippen molar-refractivity contribution in [2.24, 2.45) is 0 Å². The van der Waals surface area contributed by atoms with Crippen LogP contribution in [0.4, 0.5) is 0 Å². The van der Waals surface area contributed by atoms with Crippen molar-refractivity contribution < 1.29 is 19.7 Å². The third-order valence-corrected chi connectivity index (χ3v) is 3.15. The summed E-state index contributed by atoms with van der Waals surface area (Å²) in [6.07, 6.45) is -0.417. The number of nitrogens with one attached hydrogen (secondary N) is 1. The largest absolute Gasteiger partial charge is 0.497 e.